The summed E-state index contributed by atoms with van der Waals surface area (Å²) in [4.78, 5) is 16.7. The van der Waals surface area contributed by atoms with Gasteiger partial charge in [-0.1, -0.05) is 39.4 Å². The fraction of sp³-hybridized carbons (Fsp3) is 0.125. The van der Waals surface area contributed by atoms with Crippen LogP contribution in [0.1, 0.15) is 21.5 Å². The Balaban J connectivity index is 1.91. The van der Waals surface area contributed by atoms with E-state index in [-0.39, 0.29) is 5.91 Å². The predicted molar refractivity (Wildman–Crippen MR) is 91.2 cm³/mol. The third-order valence-corrected chi connectivity index (χ3v) is 4.55. The third-order valence-electron chi connectivity index (χ3n) is 3.14. The molecule has 2 aromatic carbocycles. The van der Waals surface area contributed by atoms with Crippen molar-refractivity contribution < 1.29 is 4.79 Å². The minimum atomic E-state index is -0.148. The van der Waals surface area contributed by atoms with Crippen molar-refractivity contribution in [1.29, 1.82) is 0 Å². The molecule has 21 heavy (non-hydrogen) atoms. The average molecular weight is 361 g/mol. The van der Waals surface area contributed by atoms with Crippen LogP contribution in [0.2, 0.25) is 0 Å². The summed E-state index contributed by atoms with van der Waals surface area (Å²) in [6.07, 6.45) is 0. The van der Waals surface area contributed by atoms with Gasteiger partial charge in [0.1, 0.15) is 0 Å². The molecule has 0 atom stereocenters. The lowest BCUT2D eigenvalue weighted by Crippen LogP contribution is -2.11. The maximum Gasteiger partial charge on any atom is 0.257 e. The summed E-state index contributed by atoms with van der Waals surface area (Å²) in [6, 6.07) is 11.5. The standard InChI is InChI=1S/C16H13BrN2OS/c1-9-6-10(2)14-13(7-9)21-16(18-14)19-15(20)11-4-3-5-12(17)8-11/h3-8H,1-2H3,(H,18,19,20). The summed E-state index contributed by atoms with van der Waals surface area (Å²) in [5.41, 5.74) is 3.89. The van der Waals surface area contributed by atoms with E-state index >= 15 is 0 Å². The number of nitrogens with zero attached hydrogens (tertiary/aromatic N) is 1. The Kier molecular flexibility index (Phi) is 3.78. The van der Waals surface area contributed by atoms with Gasteiger partial charge in [-0.25, -0.2) is 4.98 Å². The van der Waals surface area contributed by atoms with Crippen LogP contribution < -0.4 is 5.32 Å². The van der Waals surface area contributed by atoms with Gasteiger partial charge in [-0.2, -0.15) is 0 Å². The highest BCUT2D eigenvalue weighted by Gasteiger charge is 2.11. The molecule has 0 unspecified atom stereocenters. The highest BCUT2D eigenvalue weighted by molar-refractivity contribution is 9.10. The van der Waals surface area contributed by atoms with Gasteiger partial charge in [0.25, 0.3) is 5.91 Å². The number of aromatic nitrogens is 1. The second kappa shape index (κ2) is 5.58. The van der Waals surface area contributed by atoms with E-state index in [9.17, 15) is 4.79 Å². The van der Waals surface area contributed by atoms with Crippen molar-refractivity contribution in [1.82, 2.24) is 4.98 Å². The Bertz CT molecular complexity index is 841. The van der Waals surface area contributed by atoms with Crippen LogP contribution in [0.15, 0.2) is 40.9 Å². The van der Waals surface area contributed by atoms with Crippen molar-refractivity contribution >= 4 is 48.5 Å². The first-order chi connectivity index (χ1) is 10.0. The van der Waals surface area contributed by atoms with Gasteiger partial charge in [0.05, 0.1) is 10.2 Å². The zero-order chi connectivity index (χ0) is 15.0. The second-order valence-electron chi connectivity index (χ2n) is 4.91. The summed E-state index contributed by atoms with van der Waals surface area (Å²) in [5.74, 6) is -0.148. The SMILES string of the molecule is Cc1cc(C)c2nc(NC(=O)c3cccc(Br)c3)sc2c1. The number of amides is 1. The van der Waals surface area contributed by atoms with Gasteiger partial charge in [0.15, 0.2) is 5.13 Å². The number of carbonyl (C=O) groups excluding carboxylic acids is 1. The number of carbonyl (C=O) groups is 1. The molecule has 0 bridgehead atoms. The lowest BCUT2D eigenvalue weighted by molar-refractivity contribution is 0.102. The van der Waals surface area contributed by atoms with E-state index < -0.39 is 0 Å². The van der Waals surface area contributed by atoms with E-state index in [1.807, 2.05) is 19.1 Å². The van der Waals surface area contributed by atoms with E-state index in [4.69, 9.17) is 0 Å². The third kappa shape index (κ3) is 2.99. The predicted octanol–water partition coefficient (Wildman–Crippen LogP) is 4.93. The number of fused-ring (bicyclic) bond motifs is 1. The normalized spacial score (nSPS) is 10.8. The van der Waals surface area contributed by atoms with Crippen molar-refractivity contribution in [3.63, 3.8) is 0 Å². The summed E-state index contributed by atoms with van der Waals surface area (Å²) in [7, 11) is 0. The molecular formula is C16H13BrN2OS. The van der Waals surface area contributed by atoms with Crippen LogP contribution in [0.25, 0.3) is 10.2 Å². The van der Waals surface area contributed by atoms with Gasteiger partial charge in [-0.05, 0) is 49.2 Å². The average Bonchev–Trinajstić information content (AvgIpc) is 2.81. The number of hydrogen-bond acceptors (Lipinski definition) is 3. The Hall–Kier alpha value is -1.72. The second-order valence-corrected chi connectivity index (χ2v) is 6.86. The Morgan fingerprint density at radius 2 is 2.05 bits per heavy atom. The molecule has 0 saturated heterocycles. The monoisotopic (exact) mass is 360 g/mol. The topological polar surface area (TPSA) is 42.0 Å². The minimum Gasteiger partial charge on any atom is -0.298 e. The van der Waals surface area contributed by atoms with Crippen LogP contribution in [0.5, 0.6) is 0 Å². The fourth-order valence-electron chi connectivity index (χ4n) is 2.22. The Morgan fingerprint density at radius 1 is 1.24 bits per heavy atom. The molecule has 3 rings (SSSR count). The van der Waals surface area contributed by atoms with Gasteiger partial charge in [-0.3, -0.25) is 10.1 Å². The number of anilines is 1. The van der Waals surface area contributed by atoms with Crippen molar-refractivity contribution in [2.75, 3.05) is 5.32 Å². The number of benzene rings is 2. The summed E-state index contributed by atoms with van der Waals surface area (Å²) >= 11 is 4.87. The van der Waals surface area contributed by atoms with Gasteiger partial charge < -0.3 is 0 Å². The molecule has 0 fully saturated rings. The molecule has 1 aromatic heterocycles. The summed E-state index contributed by atoms with van der Waals surface area (Å²) < 4.78 is 1.97. The molecule has 1 amide bonds. The van der Waals surface area contributed by atoms with E-state index in [1.165, 1.54) is 16.9 Å². The number of aryl methyl sites for hydroxylation is 2. The van der Waals surface area contributed by atoms with E-state index in [0.29, 0.717) is 10.7 Å². The highest BCUT2D eigenvalue weighted by atomic mass is 79.9. The molecular weight excluding hydrogens is 348 g/mol. The Morgan fingerprint density at radius 3 is 2.81 bits per heavy atom. The largest absolute Gasteiger partial charge is 0.298 e. The molecule has 1 N–H and O–H groups in total. The van der Waals surface area contributed by atoms with Crippen LogP contribution in [-0.4, -0.2) is 10.9 Å². The van der Waals surface area contributed by atoms with Gasteiger partial charge in [0.2, 0.25) is 0 Å². The maximum absolute atomic E-state index is 12.2. The van der Waals surface area contributed by atoms with Crippen LogP contribution in [0.4, 0.5) is 5.13 Å². The number of halogens is 1. The molecule has 106 valence electrons. The van der Waals surface area contributed by atoms with E-state index in [0.717, 1.165) is 20.3 Å². The zero-order valence-corrected chi connectivity index (χ0v) is 14.0. The molecule has 0 aliphatic rings. The summed E-state index contributed by atoms with van der Waals surface area (Å²) in [5, 5.41) is 3.50. The zero-order valence-electron chi connectivity index (χ0n) is 11.6. The maximum atomic E-state index is 12.2. The van der Waals surface area contributed by atoms with Crippen molar-refractivity contribution in [3.05, 3.63) is 57.6 Å². The van der Waals surface area contributed by atoms with Crippen LogP contribution in [0.3, 0.4) is 0 Å². The fourth-order valence-corrected chi connectivity index (χ4v) is 3.66. The molecule has 0 saturated carbocycles. The number of rotatable bonds is 2. The molecule has 3 aromatic rings. The number of nitrogens with one attached hydrogen (secondary N) is 1. The smallest absolute Gasteiger partial charge is 0.257 e. The van der Waals surface area contributed by atoms with Crippen molar-refractivity contribution in [2.24, 2.45) is 0 Å². The molecule has 0 radical (unpaired) electrons. The quantitative estimate of drug-likeness (QED) is 0.703. The minimum absolute atomic E-state index is 0.148. The van der Waals surface area contributed by atoms with E-state index in [2.05, 4.69) is 45.3 Å². The highest BCUT2D eigenvalue weighted by Crippen LogP contribution is 2.29. The lowest BCUT2D eigenvalue weighted by atomic mass is 10.1. The summed E-state index contributed by atoms with van der Waals surface area (Å²) in [6.45, 7) is 4.10. The van der Waals surface area contributed by atoms with Crippen molar-refractivity contribution in [2.45, 2.75) is 13.8 Å². The Labute approximate surface area is 135 Å². The number of thiazole rings is 1. The number of hydrogen-bond donors (Lipinski definition) is 1. The van der Waals surface area contributed by atoms with E-state index in [1.54, 1.807) is 12.1 Å². The van der Waals surface area contributed by atoms with Crippen LogP contribution in [-0.2, 0) is 0 Å². The first-order valence-corrected chi connectivity index (χ1v) is 8.08. The lowest BCUT2D eigenvalue weighted by Gasteiger charge is -2.01. The van der Waals surface area contributed by atoms with Gasteiger partial charge in [0, 0.05) is 10.0 Å². The molecule has 0 spiro atoms. The molecule has 0 aliphatic carbocycles. The van der Waals surface area contributed by atoms with Gasteiger partial charge in [-0.15, -0.1) is 0 Å². The van der Waals surface area contributed by atoms with Crippen molar-refractivity contribution in [3.8, 4) is 0 Å². The molecule has 3 nitrogen and oxygen atoms in total. The van der Waals surface area contributed by atoms with Crippen LogP contribution >= 0.6 is 27.3 Å². The van der Waals surface area contributed by atoms with Gasteiger partial charge >= 0.3 is 0 Å². The first kappa shape index (κ1) is 14.2. The van der Waals surface area contributed by atoms with Crippen LogP contribution in [0, 0.1) is 13.8 Å². The molecule has 1 heterocycles. The molecule has 5 heteroatoms. The first-order valence-electron chi connectivity index (χ1n) is 6.47. The molecule has 0 aliphatic heterocycles.